The van der Waals surface area contributed by atoms with Gasteiger partial charge < -0.3 is 14.7 Å². The van der Waals surface area contributed by atoms with E-state index in [-0.39, 0.29) is 12.1 Å². The molecule has 0 saturated carbocycles. The Bertz CT molecular complexity index is 753. The van der Waals surface area contributed by atoms with Gasteiger partial charge in [-0.1, -0.05) is 6.07 Å². The van der Waals surface area contributed by atoms with Crippen LogP contribution in [0.15, 0.2) is 18.3 Å². The van der Waals surface area contributed by atoms with Crippen LogP contribution in [0.4, 0.5) is 4.79 Å². The number of piperidine rings is 1. The van der Waals surface area contributed by atoms with E-state index < -0.39 is 5.60 Å². The number of hydrogen-bond acceptors (Lipinski definition) is 4. The predicted octanol–water partition coefficient (Wildman–Crippen LogP) is 3.62. The number of carbonyl (C=O) groups is 1. The van der Waals surface area contributed by atoms with Crippen molar-refractivity contribution in [2.75, 3.05) is 13.1 Å². The fourth-order valence-corrected chi connectivity index (χ4v) is 3.13. The van der Waals surface area contributed by atoms with Crippen molar-refractivity contribution in [2.45, 2.75) is 52.2 Å². The first kappa shape index (κ1) is 16.6. The van der Waals surface area contributed by atoms with Crippen LogP contribution in [-0.4, -0.2) is 44.6 Å². The van der Waals surface area contributed by atoms with Crippen LogP contribution < -0.4 is 0 Å². The number of hydrogen-bond donors (Lipinski definition) is 1. The Morgan fingerprint density at radius 2 is 1.96 bits per heavy atom. The van der Waals surface area contributed by atoms with Crippen molar-refractivity contribution in [3.63, 3.8) is 0 Å². The van der Waals surface area contributed by atoms with Gasteiger partial charge in [-0.3, -0.25) is 4.68 Å². The van der Waals surface area contributed by atoms with E-state index in [0.29, 0.717) is 18.8 Å². The van der Waals surface area contributed by atoms with Crippen LogP contribution in [0.3, 0.4) is 0 Å². The van der Waals surface area contributed by atoms with Crippen LogP contribution in [-0.2, 0) is 4.74 Å². The van der Waals surface area contributed by atoms with E-state index >= 15 is 0 Å². The summed E-state index contributed by atoms with van der Waals surface area (Å²) >= 11 is 0. The number of rotatable bonds is 1. The summed E-state index contributed by atoms with van der Waals surface area (Å²) in [5, 5.41) is 15.4. The lowest BCUT2D eigenvalue weighted by molar-refractivity contribution is 0.0186. The van der Waals surface area contributed by atoms with Crippen LogP contribution in [0.5, 0.6) is 5.75 Å². The highest BCUT2D eigenvalue weighted by atomic mass is 16.6. The van der Waals surface area contributed by atoms with E-state index in [1.807, 2.05) is 44.5 Å². The van der Waals surface area contributed by atoms with Gasteiger partial charge in [-0.25, -0.2) is 4.79 Å². The average molecular weight is 331 g/mol. The highest BCUT2D eigenvalue weighted by Gasteiger charge is 2.28. The van der Waals surface area contributed by atoms with Crippen molar-refractivity contribution in [3.8, 4) is 5.75 Å². The van der Waals surface area contributed by atoms with Crippen LogP contribution in [0.2, 0.25) is 0 Å². The number of likely N-dealkylation sites (tertiary alicyclic amines) is 1. The zero-order chi connectivity index (χ0) is 17.5. The normalized spacial score (nSPS) is 16.6. The molecule has 1 aromatic carbocycles. The Kier molecular flexibility index (Phi) is 4.15. The number of benzene rings is 1. The van der Waals surface area contributed by atoms with Crippen molar-refractivity contribution in [1.82, 2.24) is 14.7 Å². The van der Waals surface area contributed by atoms with E-state index in [4.69, 9.17) is 4.74 Å². The Labute approximate surface area is 142 Å². The molecule has 24 heavy (non-hydrogen) atoms. The van der Waals surface area contributed by atoms with Crippen molar-refractivity contribution in [2.24, 2.45) is 0 Å². The molecule has 0 radical (unpaired) electrons. The Hall–Kier alpha value is -2.24. The minimum Gasteiger partial charge on any atom is -0.507 e. The summed E-state index contributed by atoms with van der Waals surface area (Å²) in [5.41, 5.74) is 1.32. The number of aromatic nitrogens is 2. The zero-order valence-corrected chi connectivity index (χ0v) is 14.7. The molecular formula is C18H25N3O3. The fraction of sp³-hybridized carbons (Fsp3) is 0.556. The van der Waals surface area contributed by atoms with Gasteiger partial charge in [-0.05, 0) is 52.2 Å². The van der Waals surface area contributed by atoms with Gasteiger partial charge in [0.1, 0.15) is 11.4 Å². The molecule has 1 aliphatic heterocycles. The predicted molar refractivity (Wildman–Crippen MR) is 92.2 cm³/mol. The monoisotopic (exact) mass is 331 g/mol. The second-order valence-corrected chi connectivity index (χ2v) is 7.45. The fourth-order valence-electron chi connectivity index (χ4n) is 3.13. The molecule has 1 aliphatic rings. The minimum absolute atomic E-state index is 0.225. The van der Waals surface area contributed by atoms with E-state index in [2.05, 4.69) is 5.10 Å². The molecular weight excluding hydrogens is 306 g/mol. The summed E-state index contributed by atoms with van der Waals surface area (Å²) in [6.07, 6.45) is 3.12. The average Bonchev–Trinajstić information content (AvgIpc) is 2.94. The van der Waals surface area contributed by atoms with Gasteiger partial charge in [0.05, 0.1) is 23.1 Å². The first-order valence-electron chi connectivity index (χ1n) is 8.40. The highest BCUT2D eigenvalue weighted by molar-refractivity contribution is 5.86. The molecule has 0 unspecified atom stereocenters. The molecule has 6 heteroatoms. The van der Waals surface area contributed by atoms with E-state index in [1.54, 1.807) is 11.1 Å². The maximum absolute atomic E-state index is 12.1. The smallest absolute Gasteiger partial charge is 0.410 e. The van der Waals surface area contributed by atoms with Crippen molar-refractivity contribution in [3.05, 3.63) is 23.9 Å². The van der Waals surface area contributed by atoms with Crippen LogP contribution in [0, 0.1) is 6.92 Å². The number of fused-ring (bicyclic) bond motifs is 1. The number of amides is 1. The number of aryl methyl sites for hydroxylation is 1. The molecule has 2 heterocycles. The van der Waals surface area contributed by atoms with Crippen LogP contribution >= 0.6 is 0 Å². The second kappa shape index (κ2) is 6.00. The second-order valence-electron chi connectivity index (χ2n) is 7.45. The van der Waals surface area contributed by atoms with Crippen LogP contribution in [0.25, 0.3) is 10.9 Å². The molecule has 1 aromatic heterocycles. The number of aromatic hydroxyl groups is 1. The van der Waals surface area contributed by atoms with Gasteiger partial charge in [0, 0.05) is 13.1 Å². The van der Waals surface area contributed by atoms with Gasteiger partial charge in [-0.2, -0.15) is 5.10 Å². The first-order valence-corrected chi connectivity index (χ1v) is 8.40. The lowest BCUT2D eigenvalue weighted by Gasteiger charge is -2.33. The number of ether oxygens (including phenoxy) is 1. The number of carbonyl (C=O) groups excluding carboxylic acids is 1. The Morgan fingerprint density at radius 3 is 2.58 bits per heavy atom. The van der Waals surface area contributed by atoms with Gasteiger partial charge in [0.15, 0.2) is 0 Å². The summed E-state index contributed by atoms with van der Waals surface area (Å²) in [5.74, 6) is 0.296. The van der Waals surface area contributed by atoms with Crippen LogP contribution in [0.1, 0.15) is 45.2 Å². The maximum atomic E-state index is 12.1. The van der Waals surface area contributed by atoms with Crippen molar-refractivity contribution in [1.29, 1.82) is 0 Å². The molecule has 2 aromatic rings. The Balaban J connectivity index is 1.71. The van der Waals surface area contributed by atoms with E-state index in [1.165, 1.54) is 0 Å². The summed E-state index contributed by atoms with van der Waals surface area (Å²) in [6.45, 7) is 8.81. The van der Waals surface area contributed by atoms with Crippen molar-refractivity contribution < 1.29 is 14.6 Å². The number of phenols is 1. The third-order valence-electron chi connectivity index (χ3n) is 4.42. The molecule has 1 N–H and O–H groups in total. The molecule has 3 rings (SSSR count). The lowest BCUT2D eigenvalue weighted by Crippen LogP contribution is -2.42. The number of nitrogens with zero attached hydrogens (tertiary/aromatic N) is 3. The molecule has 130 valence electrons. The molecule has 1 amide bonds. The quantitative estimate of drug-likeness (QED) is 0.866. The summed E-state index contributed by atoms with van der Waals surface area (Å²) < 4.78 is 7.41. The van der Waals surface area contributed by atoms with Gasteiger partial charge in [0.25, 0.3) is 0 Å². The molecule has 0 atom stereocenters. The summed E-state index contributed by atoms with van der Waals surface area (Å²) in [4.78, 5) is 13.9. The van der Waals surface area contributed by atoms with E-state index in [0.717, 1.165) is 29.3 Å². The zero-order valence-electron chi connectivity index (χ0n) is 14.7. The molecule has 0 aliphatic carbocycles. The molecule has 1 saturated heterocycles. The van der Waals surface area contributed by atoms with Gasteiger partial charge in [0.2, 0.25) is 0 Å². The number of phenolic OH excluding ortho intramolecular Hbond substituents is 1. The Morgan fingerprint density at radius 1 is 1.29 bits per heavy atom. The largest absolute Gasteiger partial charge is 0.507 e. The SMILES string of the molecule is Cc1ccc2c(cnn2C2CCN(C(=O)OC(C)(C)C)CC2)c1O. The standard InChI is InChI=1S/C18H25N3O3/c1-12-5-6-15-14(16(12)22)11-19-21(15)13-7-9-20(10-8-13)17(23)24-18(2,3)4/h5-6,11,13,22H,7-10H2,1-4H3. The highest BCUT2D eigenvalue weighted by Crippen LogP contribution is 2.32. The summed E-state index contributed by atoms with van der Waals surface area (Å²) in [7, 11) is 0. The third kappa shape index (κ3) is 3.18. The van der Waals surface area contributed by atoms with Crippen molar-refractivity contribution >= 4 is 17.0 Å². The van der Waals surface area contributed by atoms with Gasteiger partial charge in [-0.15, -0.1) is 0 Å². The summed E-state index contributed by atoms with van der Waals surface area (Å²) in [6, 6.07) is 4.13. The minimum atomic E-state index is -0.471. The molecule has 6 nitrogen and oxygen atoms in total. The lowest BCUT2D eigenvalue weighted by atomic mass is 10.0. The van der Waals surface area contributed by atoms with E-state index in [9.17, 15) is 9.90 Å². The van der Waals surface area contributed by atoms with Gasteiger partial charge >= 0.3 is 6.09 Å². The topological polar surface area (TPSA) is 67.6 Å². The maximum Gasteiger partial charge on any atom is 0.410 e. The molecule has 1 fully saturated rings. The molecule has 0 bridgehead atoms. The first-order chi connectivity index (χ1) is 11.3. The third-order valence-corrected chi connectivity index (χ3v) is 4.42. The molecule has 0 spiro atoms.